The third-order valence-electron chi connectivity index (χ3n) is 2.16. The lowest BCUT2D eigenvalue weighted by atomic mass is 10.1. The molecule has 0 fully saturated rings. The van der Waals surface area contributed by atoms with Crippen LogP contribution in [0.2, 0.25) is 0 Å². The highest BCUT2D eigenvalue weighted by molar-refractivity contribution is 5.93. The van der Waals surface area contributed by atoms with E-state index in [1.54, 1.807) is 0 Å². The zero-order valence-corrected chi connectivity index (χ0v) is 8.82. The zero-order chi connectivity index (χ0) is 11.4. The van der Waals surface area contributed by atoms with E-state index in [0.717, 1.165) is 0 Å². The van der Waals surface area contributed by atoms with Crippen LogP contribution in [0.4, 0.5) is 5.82 Å². The number of nitrogens with zero attached hydrogens (tertiary/aromatic N) is 1. The number of carbonyl (C=O) groups excluding carboxylic acids is 1. The fourth-order valence-electron chi connectivity index (χ4n) is 1.12. The van der Waals surface area contributed by atoms with E-state index in [1.165, 1.54) is 6.07 Å². The number of nitrogens with one attached hydrogen (secondary N) is 2. The number of rotatable bonds is 4. The van der Waals surface area contributed by atoms with E-state index in [1.807, 2.05) is 13.8 Å². The van der Waals surface area contributed by atoms with Crippen molar-refractivity contribution in [2.75, 3.05) is 12.3 Å². The molecule has 0 aliphatic carbocycles. The Morgan fingerprint density at radius 2 is 2.40 bits per heavy atom. The summed E-state index contributed by atoms with van der Waals surface area (Å²) in [6.07, 6.45) is 0. The molecule has 1 aromatic rings. The lowest BCUT2D eigenvalue weighted by Gasteiger charge is -2.19. The average molecular weight is 212 g/mol. The van der Waals surface area contributed by atoms with E-state index in [2.05, 4.69) is 15.5 Å². The quantitative estimate of drug-likeness (QED) is 0.552. The Bertz CT molecular complexity index is 335. The van der Waals surface area contributed by atoms with Gasteiger partial charge in [-0.15, -0.1) is 0 Å². The summed E-state index contributed by atoms with van der Waals surface area (Å²) in [6.45, 7) is 3.75. The summed E-state index contributed by atoms with van der Waals surface area (Å²) < 4.78 is 0. The van der Waals surface area contributed by atoms with Gasteiger partial charge in [-0.1, -0.05) is 13.8 Å². The Balaban J connectivity index is 2.62. The molecule has 0 bridgehead atoms. The van der Waals surface area contributed by atoms with Crippen molar-refractivity contribution in [3.63, 3.8) is 0 Å². The first kappa shape index (κ1) is 11.5. The fourth-order valence-corrected chi connectivity index (χ4v) is 1.12. The molecule has 0 aliphatic rings. The predicted molar refractivity (Wildman–Crippen MR) is 56.2 cm³/mol. The summed E-state index contributed by atoms with van der Waals surface area (Å²) in [4.78, 5) is 11.6. The average Bonchev–Trinajstić information content (AvgIpc) is 2.60. The monoisotopic (exact) mass is 212 g/mol. The van der Waals surface area contributed by atoms with Gasteiger partial charge in [-0.25, -0.2) is 0 Å². The van der Waals surface area contributed by atoms with Gasteiger partial charge in [-0.3, -0.25) is 9.89 Å². The molecule has 1 aromatic heterocycles. The number of hydrogen-bond acceptors (Lipinski definition) is 4. The number of anilines is 1. The van der Waals surface area contributed by atoms with Crippen LogP contribution in [-0.4, -0.2) is 33.9 Å². The van der Waals surface area contributed by atoms with Gasteiger partial charge < -0.3 is 16.2 Å². The van der Waals surface area contributed by atoms with Crippen molar-refractivity contribution >= 4 is 11.7 Å². The Morgan fingerprint density at radius 1 is 1.73 bits per heavy atom. The van der Waals surface area contributed by atoms with Crippen LogP contribution in [0.1, 0.15) is 24.3 Å². The maximum absolute atomic E-state index is 11.6. The molecular formula is C9H16N4O2. The van der Waals surface area contributed by atoms with Crippen LogP contribution >= 0.6 is 0 Å². The third kappa shape index (κ3) is 2.95. The van der Waals surface area contributed by atoms with Crippen LogP contribution in [-0.2, 0) is 0 Å². The second-order valence-electron chi connectivity index (χ2n) is 3.71. The molecular weight excluding hydrogens is 196 g/mol. The SMILES string of the molecule is CC(C)[C@@H](CO)NC(=O)c1cc(N)n[nH]1. The molecule has 5 N–H and O–H groups in total. The Labute approximate surface area is 87.9 Å². The van der Waals surface area contributed by atoms with Crippen molar-refractivity contribution in [1.29, 1.82) is 0 Å². The Kier molecular flexibility index (Phi) is 3.68. The maximum atomic E-state index is 11.6. The summed E-state index contributed by atoms with van der Waals surface area (Å²) >= 11 is 0. The molecule has 0 aliphatic heterocycles. The topological polar surface area (TPSA) is 104 Å². The van der Waals surface area contributed by atoms with Crippen LogP contribution in [0, 0.1) is 5.92 Å². The van der Waals surface area contributed by atoms with Gasteiger partial charge in [0, 0.05) is 6.07 Å². The van der Waals surface area contributed by atoms with E-state index in [9.17, 15) is 4.79 Å². The molecule has 6 nitrogen and oxygen atoms in total. The van der Waals surface area contributed by atoms with E-state index >= 15 is 0 Å². The molecule has 0 aromatic carbocycles. The van der Waals surface area contributed by atoms with Crippen molar-refractivity contribution in [1.82, 2.24) is 15.5 Å². The second kappa shape index (κ2) is 4.79. The van der Waals surface area contributed by atoms with Crippen LogP contribution in [0.15, 0.2) is 6.07 Å². The van der Waals surface area contributed by atoms with Gasteiger partial charge in [0.1, 0.15) is 11.5 Å². The molecule has 15 heavy (non-hydrogen) atoms. The smallest absolute Gasteiger partial charge is 0.269 e. The molecule has 0 spiro atoms. The highest BCUT2D eigenvalue weighted by atomic mass is 16.3. The highest BCUT2D eigenvalue weighted by Crippen LogP contribution is 2.04. The number of aromatic nitrogens is 2. The molecule has 0 unspecified atom stereocenters. The van der Waals surface area contributed by atoms with Gasteiger partial charge in [0.15, 0.2) is 0 Å². The third-order valence-corrected chi connectivity index (χ3v) is 2.16. The number of aliphatic hydroxyl groups excluding tert-OH is 1. The zero-order valence-electron chi connectivity index (χ0n) is 8.82. The van der Waals surface area contributed by atoms with Crippen molar-refractivity contribution in [2.45, 2.75) is 19.9 Å². The van der Waals surface area contributed by atoms with Crippen molar-refractivity contribution in [2.24, 2.45) is 5.92 Å². The van der Waals surface area contributed by atoms with Crippen LogP contribution in [0.3, 0.4) is 0 Å². The number of nitrogens with two attached hydrogens (primary N) is 1. The summed E-state index contributed by atoms with van der Waals surface area (Å²) in [5, 5.41) is 17.9. The Morgan fingerprint density at radius 3 is 2.80 bits per heavy atom. The van der Waals surface area contributed by atoms with Gasteiger partial charge in [0.2, 0.25) is 0 Å². The molecule has 0 saturated carbocycles. The van der Waals surface area contributed by atoms with Crippen molar-refractivity contribution < 1.29 is 9.90 Å². The fraction of sp³-hybridized carbons (Fsp3) is 0.556. The molecule has 6 heteroatoms. The first-order chi connectivity index (χ1) is 7.04. The van der Waals surface area contributed by atoms with E-state index < -0.39 is 0 Å². The summed E-state index contributed by atoms with van der Waals surface area (Å²) in [5.74, 6) is 0.122. The highest BCUT2D eigenvalue weighted by Gasteiger charge is 2.17. The Hall–Kier alpha value is -1.56. The molecule has 1 amide bonds. The second-order valence-corrected chi connectivity index (χ2v) is 3.71. The number of H-pyrrole nitrogens is 1. The number of nitrogen functional groups attached to an aromatic ring is 1. The molecule has 1 heterocycles. The summed E-state index contributed by atoms with van der Waals surface area (Å²) in [5.41, 5.74) is 5.67. The normalized spacial score (nSPS) is 12.8. The molecule has 1 rings (SSSR count). The van der Waals surface area contributed by atoms with Crippen LogP contribution in [0.5, 0.6) is 0 Å². The maximum Gasteiger partial charge on any atom is 0.269 e. The predicted octanol–water partition coefficient (Wildman–Crippen LogP) is -0.261. The van der Waals surface area contributed by atoms with Gasteiger partial charge in [-0.05, 0) is 5.92 Å². The van der Waals surface area contributed by atoms with Crippen molar-refractivity contribution in [3.8, 4) is 0 Å². The molecule has 0 saturated heterocycles. The number of hydrogen-bond donors (Lipinski definition) is 4. The standard InChI is InChI=1S/C9H16N4O2/c1-5(2)7(4-14)11-9(15)6-3-8(10)13-12-6/h3,5,7,14H,4H2,1-2H3,(H,11,15)(H3,10,12,13)/t7-/m1/s1. The minimum atomic E-state index is -0.313. The van der Waals surface area contributed by atoms with Gasteiger partial charge in [0.05, 0.1) is 12.6 Å². The van der Waals surface area contributed by atoms with Gasteiger partial charge in [0.25, 0.3) is 5.91 Å². The first-order valence-corrected chi connectivity index (χ1v) is 4.77. The first-order valence-electron chi connectivity index (χ1n) is 4.77. The largest absolute Gasteiger partial charge is 0.394 e. The lowest BCUT2D eigenvalue weighted by molar-refractivity contribution is 0.0892. The summed E-state index contributed by atoms with van der Waals surface area (Å²) in [7, 11) is 0. The number of amides is 1. The van der Waals surface area contributed by atoms with E-state index in [0.29, 0.717) is 5.69 Å². The number of aliphatic hydroxyl groups is 1. The minimum absolute atomic E-state index is 0.0903. The number of aromatic amines is 1. The van der Waals surface area contributed by atoms with Gasteiger partial charge >= 0.3 is 0 Å². The van der Waals surface area contributed by atoms with Gasteiger partial charge in [-0.2, -0.15) is 5.10 Å². The van der Waals surface area contributed by atoms with Crippen LogP contribution < -0.4 is 11.1 Å². The van der Waals surface area contributed by atoms with Crippen LogP contribution in [0.25, 0.3) is 0 Å². The number of carbonyl (C=O) groups is 1. The molecule has 84 valence electrons. The van der Waals surface area contributed by atoms with E-state index in [-0.39, 0.29) is 30.3 Å². The van der Waals surface area contributed by atoms with Crippen molar-refractivity contribution in [3.05, 3.63) is 11.8 Å². The minimum Gasteiger partial charge on any atom is -0.394 e. The summed E-state index contributed by atoms with van der Waals surface area (Å²) in [6, 6.07) is 1.19. The lowest BCUT2D eigenvalue weighted by Crippen LogP contribution is -2.41. The molecule has 0 radical (unpaired) electrons. The van der Waals surface area contributed by atoms with E-state index in [4.69, 9.17) is 10.8 Å². The molecule has 1 atom stereocenters.